The SMILES string of the molecule is O=S1(=O)OC=C(C2=COS(=O)(=O)O2)O1. The molecule has 0 aliphatic carbocycles. The minimum Gasteiger partial charge on any atom is -0.357 e. The third kappa shape index (κ3) is 1.61. The molecule has 2 aliphatic rings. The first-order valence-electron chi connectivity index (χ1n) is 3.04. The Morgan fingerprint density at radius 1 is 0.786 bits per heavy atom. The van der Waals surface area contributed by atoms with Crippen molar-refractivity contribution >= 4 is 20.8 Å². The van der Waals surface area contributed by atoms with Crippen molar-refractivity contribution in [2.75, 3.05) is 0 Å². The predicted octanol–water partition coefficient (Wildman–Crippen LogP) is -0.748. The minimum atomic E-state index is -4.13. The second-order valence-corrected chi connectivity index (χ2v) is 4.49. The summed E-state index contributed by atoms with van der Waals surface area (Å²) in [6, 6.07) is 0. The van der Waals surface area contributed by atoms with E-state index in [9.17, 15) is 16.8 Å². The lowest BCUT2D eigenvalue weighted by Gasteiger charge is -1.97. The summed E-state index contributed by atoms with van der Waals surface area (Å²) in [6.45, 7) is 0. The zero-order valence-corrected chi connectivity index (χ0v) is 7.87. The third-order valence-corrected chi connectivity index (χ3v) is 2.60. The molecule has 0 radical (unpaired) electrons. The highest BCUT2D eigenvalue weighted by Crippen LogP contribution is 2.28. The lowest BCUT2D eigenvalue weighted by atomic mass is 10.5. The quantitative estimate of drug-likeness (QED) is 0.591. The van der Waals surface area contributed by atoms with Crippen LogP contribution in [0.3, 0.4) is 0 Å². The van der Waals surface area contributed by atoms with Crippen LogP contribution in [0.2, 0.25) is 0 Å². The molecule has 0 N–H and O–H groups in total. The van der Waals surface area contributed by atoms with Gasteiger partial charge in [-0.3, -0.25) is 0 Å². The van der Waals surface area contributed by atoms with Crippen molar-refractivity contribution < 1.29 is 33.6 Å². The van der Waals surface area contributed by atoms with E-state index in [0.29, 0.717) is 12.5 Å². The van der Waals surface area contributed by atoms with Gasteiger partial charge >= 0.3 is 20.8 Å². The molecule has 0 unspecified atom stereocenters. The fraction of sp³-hybridized carbons (Fsp3) is 0. The van der Waals surface area contributed by atoms with Crippen LogP contribution in [-0.2, 0) is 37.5 Å². The molecule has 10 heteroatoms. The van der Waals surface area contributed by atoms with Gasteiger partial charge in [-0.2, -0.15) is 0 Å². The smallest absolute Gasteiger partial charge is 0.357 e. The van der Waals surface area contributed by atoms with Crippen LogP contribution in [0.1, 0.15) is 0 Å². The van der Waals surface area contributed by atoms with E-state index in [2.05, 4.69) is 16.7 Å². The molecule has 0 aromatic rings. The van der Waals surface area contributed by atoms with Crippen LogP contribution < -0.4 is 0 Å². The van der Waals surface area contributed by atoms with Gasteiger partial charge in [-0.05, 0) is 0 Å². The lowest BCUT2D eigenvalue weighted by Crippen LogP contribution is -2.02. The van der Waals surface area contributed by atoms with Crippen LogP contribution in [0.15, 0.2) is 24.0 Å². The minimum absolute atomic E-state index is 0.397. The maximum Gasteiger partial charge on any atom is 0.500 e. The van der Waals surface area contributed by atoms with E-state index in [1.165, 1.54) is 0 Å². The summed E-state index contributed by atoms with van der Waals surface area (Å²) in [5.74, 6) is -0.794. The summed E-state index contributed by atoms with van der Waals surface area (Å²) in [6.07, 6.45) is 1.37. The largest absolute Gasteiger partial charge is 0.500 e. The van der Waals surface area contributed by atoms with Crippen molar-refractivity contribution in [1.29, 1.82) is 0 Å². The Morgan fingerprint density at radius 2 is 1.14 bits per heavy atom. The highest BCUT2D eigenvalue weighted by atomic mass is 32.3. The molecule has 0 saturated carbocycles. The summed E-state index contributed by atoms with van der Waals surface area (Å²) >= 11 is 0. The van der Waals surface area contributed by atoms with Crippen molar-refractivity contribution in [3.05, 3.63) is 24.0 Å². The van der Waals surface area contributed by atoms with Crippen molar-refractivity contribution in [2.24, 2.45) is 0 Å². The van der Waals surface area contributed by atoms with Gasteiger partial charge in [0.05, 0.1) is 0 Å². The van der Waals surface area contributed by atoms with E-state index in [1.807, 2.05) is 0 Å². The van der Waals surface area contributed by atoms with Gasteiger partial charge in [0.2, 0.25) is 11.5 Å². The van der Waals surface area contributed by atoms with E-state index < -0.39 is 32.3 Å². The van der Waals surface area contributed by atoms with Crippen LogP contribution in [-0.4, -0.2) is 16.8 Å². The molecule has 8 nitrogen and oxygen atoms in total. The molecule has 0 aromatic carbocycles. The molecule has 2 heterocycles. The molecule has 0 spiro atoms. The van der Waals surface area contributed by atoms with Gasteiger partial charge in [0.15, 0.2) is 12.5 Å². The molecule has 0 bridgehead atoms. The lowest BCUT2D eigenvalue weighted by molar-refractivity contribution is 0.333. The molecule has 78 valence electrons. The van der Waals surface area contributed by atoms with Crippen LogP contribution >= 0.6 is 0 Å². The van der Waals surface area contributed by atoms with Crippen LogP contribution in [0, 0.1) is 0 Å². The second-order valence-electron chi connectivity index (χ2n) is 2.14. The summed E-state index contributed by atoms with van der Waals surface area (Å²) < 4.78 is 58.9. The van der Waals surface area contributed by atoms with Crippen molar-refractivity contribution in [2.45, 2.75) is 0 Å². The first kappa shape index (κ1) is 9.15. The maximum absolute atomic E-state index is 10.6. The van der Waals surface area contributed by atoms with E-state index in [4.69, 9.17) is 0 Å². The molecule has 0 fully saturated rings. The summed E-state index contributed by atoms with van der Waals surface area (Å²) in [5.41, 5.74) is 0. The van der Waals surface area contributed by atoms with E-state index in [1.54, 1.807) is 0 Å². The first-order valence-corrected chi connectivity index (χ1v) is 5.71. The molecule has 0 amide bonds. The second kappa shape index (κ2) is 2.54. The van der Waals surface area contributed by atoms with Crippen molar-refractivity contribution in [1.82, 2.24) is 0 Å². The fourth-order valence-corrected chi connectivity index (χ4v) is 1.87. The average molecular weight is 242 g/mol. The average Bonchev–Trinajstić information content (AvgIpc) is 2.54. The topological polar surface area (TPSA) is 105 Å². The molecule has 0 saturated heterocycles. The number of hydrogen-bond donors (Lipinski definition) is 0. The Morgan fingerprint density at radius 3 is 1.36 bits per heavy atom. The van der Waals surface area contributed by atoms with Gasteiger partial charge < -0.3 is 16.7 Å². The monoisotopic (exact) mass is 242 g/mol. The molecule has 0 aromatic heterocycles. The van der Waals surface area contributed by atoms with Gasteiger partial charge in [-0.15, -0.1) is 16.8 Å². The highest BCUT2D eigenvalue weighted by molar-refractivity contribution is 7.82. The maximum atomic E-state index is 10.6. The van der Waals surface area contributed by atoms with E-state index in [0.717, 1.165) is 0 Å². The van der Waals surface area contributed by atoms with E-state index >= 15 is 0 Å². The molecular weight excluding hydrogens is 240 g/mol. The Bertz CT molecular complexity index is 470. The van der Waals surface area contributed by atoms with Gasteiger partial charge in [-0.25, -0.2) is 0 Å². The zero-order valence-electron chi connectivity index (χ0n) is 6.24. The summed E-state index contributed by atoms with van der Waals surface area (Å²) in [5, 5.41) is 0. The van der Waals surface area contributed by atoms with Crippen LogP contribution in [0.5, 0.6) is 0 Å². The van der Waals surface area contributed by atoms with Gasteiger partial charge in [0.1, 0.15) is 0 Å². The highest BCUT2D eigenvalue weighted by Gasteiger charge is 2.34. The fourth-order valence-electron chi connectivity index (χ4n) is 0.702. The van der Waals surface area contributed by atoms with Gasteiger partial charge in [-0.1, -0.05) is 0 Å². The predicted molar refractivity (Wildman–Crippen MR) is 38.3 cm³/mol. The molecular formula is C4H2O8S2. The Hall–Kier alpha value is -1.42. The molecule has 14 heavy (non-hydrogen) atoms. The van der Waals surface area contributed by atoms with Gasteiger partial charge in [0.25, 0.3) is 0 Å². The standard InChI is InChI=1S/C4H2O8S2/c5-13(6)9-1-3(11-13)4-2-10-14(7,8)12-4/h1-2H. The first-order chi connectivity index (χ1) is 6.38. The Kier molecular flexibility index (Phi) is 1.66. The van der Waals surface area contributed by atoms with E-state index in [-0.39, 0.29) is 0 Å². The molecule has 2 aliphatic heterocycles. The third-order valence-electron chi connectivity index (χ3n) is 1.17. The zero-order chi connectivity index (χ0) is 10.4. The summed E-state index contributed by atoms with van der Waals surface area (Å²) in [4.78, 5) is 0. The van der Waals surface area contributed by atoms with Crippen molar-refractivity contribution in [3.8, 4) is 0 Å². The Balaban J connectivity index is 2.22. The van der Waals surface area contributed by atoms with Crippen molar-refractivity contribution in [3.63, 3.8) is 0 Å². The van der Waals surface area contributed by atoms with Crippen LogP contribution in [0.4, 0.5) is 0 Å². The molecule has 0 atom stereocenters. The Labute approximate surface area is 79.0 Å². The molecule has 2 rings (SSSR count). The summed E-state index contributed by atoms with van der Waals surface area (Å²) in [7, 11) is -8.27. The van der Waals surface area contributed by atoms with Crippen LogP contribution in [0.25, 0.3) is 0 Å². The van der Waals surface area contributed by atoms with Gasteiger partial charge in [0, 0.05) is 0 Å². The number of hydrogen-bond acceptors (Lipinski definition) is 8. The normalized spacial score (nSPS) is 26.3. The number of rotatable bonds is 1.